The number of hydrogen-bond acceptors (Lipinski definition) is 4. The summed E-state index contributed by atoms with van der Waals surface area (Å²) in [7, 11) is 0. The molecule has 0 saturated heterocycles. The number of benzene rings is 11. The Morgan fingerprint density at radius 1 is 0.163 bits per heavy atom. The zero-order valence-corrected chi connectivity index (χ0v) is 43.7. The van der Waals surface area contributed by atoms with Gasteiger partial charge in [0.25, 0.3) is 0 Å². The van der Waals surface area contributed by atoms with E-state index < -0.39 is 0 Å². The summed E-state index contributed by atoms with van der Waals surface area (Å²) in [6.45, 7) is 0. The minimum atomic E-state index is 0.0494. The third kappa shape index (κ3) is 8.61. The van der Waals surface area contributed by atoms with E-state index in [0.717, 1.165) is 67.3 Å². The van der Waals surface area contributed by atoms with Gasteiger partial charge < -0.3 is 0 Å². The van der Waals surface area contributed by atoms with Crippen LogP contribution < -0.4 is 0 Å². The minimum Gasteiger partial charge on any atom is -0.228 e. The van der Waals surface area contributed by atoms with Crippen LogP contribution in [-0.4, -0.2) is 19.9 Å². The maximum absolute atomic E-state index is 5.31. The predicted molar refractivity (Wildman–Crippen MR) is 327 cm³/mol. The summed E-state index contributed by atoms with van der Waals surface area (Å²) in [5.74, 6) is 1.50. The molecule has 2 aromatic heterocycles. The zero-order chi connectivity index (χ0) is 52.9. The predicted octanol–water partition coefficient (Wildman–Crippen LogP) is 18.9. The Labute approximate surface area is 466 Å². The van der Waals surface area contributed by atoms with Gasteiger partial charge in [0.1, 0.15) is 0 Å². The van der Waals surface area contributed by atoms with Crippen LogP contribution in [-0.2, 0) is 0 Å². The van der Waals surface area contributed by atoms with Crippen LogP contribution in [0.1, 0.15) is 45.2 Å². The van der Waals surface area contributed by atoms with Crippen molar-refractivity contribution in [2.45, 2.75) is 11.8 Å². The molecule has 0 spiro atoms. The van der Waals surface area contributed by atoms with E-state index >= 15 is 0 Å². The molecule has 0 saturated carbocycles. The summed E-state index contributed by atoms with van der Waals surface area (Å²) in [6, 6.07) is 104. The summed E-state index contributed by atoms with van der Waals surface area (Å²) in [4.78, 5) is 21.0. The average Bonchev–Trinajstić information content (AvgIpc) is 3.73. The standard InChI is InChI=1S/C76H50N4/c1-5-15-49(16-6-1)51-25-29-53(30-26-51)55-33-37-57(38-34-55)69-47-71(79-75(77-69)59-19-9-3-10-20-59)61-41-43-65-67(45-61)73-63-23-13-14-24-64(63)74(65)68-46-62(42-44-66(68)73)72-48-70(78-76(80-72)60-21-11-4-12-22-60)58-39-35-56(36-40-58)54-31-27-52(28-32-54)50-17-7-2-8-18-50/h1-48,73-74H. The lowest BCUT2D eigenvalue weighted by Crippen LogP contribution is -2.27. The summed E-state index contributed by atoms with van der Waals surface area (Å²) < 4.78 is 0. The highest BCUT2D eigenvalue weighted by molar-refractivity contribution is 5.81. The quantitative estimate of drug-likeness (QED) is 0.137. The normalized spacial score (nSPS) is 13.8. The topological polar surface area (TPSA) is 51.6 Å². The van der Waals surface area contributed by atoms with Crippen molar-refractivity contribution >= 4 is 0 Å². The monoisotopic (exact) mass is 1020 g/mol. The first-order valence-electron chi connectivity index (χ1n) is 27.4. The van der Waals surface area contributed by atoms with Crippen LogP contribution in [0.3, 0.4) is 0 Å². The maximum Gasteiger partial charge on any atom is 0.160 e. The lowest BCUT2D eigenvalue weighted by molar-refractivity contribution is 0.755. The van der Waals surface area contributed by atoms with Crippen molar-refractivity contribution in [2.24, 2.45) is 0 Å². The fourth-order valence-corrected chi connectivity index (χ4v) is 12.1. The molecule has 0 radical (unpaired) electrons. The van der Waals surface area contributed by atoms with Gasteiger partial charge in [-0.1, -0.05) is 267 Å². The Bertz CT molecular complexity index is 4120. The van der Waals surface area contributed by atoms with E-state index in [0.29, 0.717) is 11.6 Å². The van der Waals surface area contributed by atoms with Gasteiger partial charge in [0.2, 0.25) is 0 Å². The van der Waals surface area contributed by atoms with Gasteiger partial charge in [0.05, 0.1) is 22.8 Å². The van der Waals surface area contributed by atoms with Gasteiger partial charge in [-0.2, -0.15) is 0 Å². The Morgan fingerprint density at radius 2 is 0.388 bits per heavy atom. The Morgan fingerprint density at radius 3 is 0.700 bits per heavy atom. The fraction of sp³-hybridized carbons (Fsp3) is 0.0263. The molecule has 4 nitrogen and oxygen atoms in total. The second-order valence-corrected chi connectivity index (χ2v) is 20.9. The van der Waals surface area contributed by atoms with Gasteiger partial charge in [-0.15, -0.1) is 0 Å². The molecule has 3 aliphatic carbocycles. The van der Waals surface area contributed by atoms with Crippen molar-refractivity contribution in [1.82, 2.24) is 19.9 Å². The summed E-state index contributed by atoms with van der Waals surface area (Å²) in [5.41, 5.74) is 27.2. The van der Waals surface area contributed by atoms with Crippen LogP contribution >= 0.6 is 0 Å². The molecule has 0 amide bonds. The van der Waals surface area contributed by atoms with Crippen LogP contribution in [0.15, 0.2) is 291 Å². The van der Waals surface area contributed by atoms with Crippen LogP contribution in [0.2, 0.25) is 0 Å². The van der Waals surface area contributed by atoms with Crippen LogP contribution in [0, 0.1) is 0 Å². The molecule has 0 N–H and O–H groups in total. The summed E-state index contributed by atoms with van der Waals surface area (Å²) in [5, 5.41) is 0. The number of rotatable bonds is 10. The highest BCUT2D eigenvalue weighted by Gasteiger charge is 2.41. The zero-order valence-electron chi connectivity index (χ0n) is 43.7. The van der Waals surface area contributed by atoms with Gasteiger partial charge in [-0.3, -0.25) is 0 Å². The first-order valence-corrected chi connectivity index (χ1v) is 27.4. The van der Waals surface area contributed by atoms with E-state index in [1.54, 1.807) is 0 Å². The smallest absolute Gasteiger partial charge is 0.160 e. The minimum absolute atomic E-state index is 0.0494. The van der Waals surface area contributed by atoms with E-state index in [2.05, 4.69) is 279 Å². The van der Waals surface area contributed by atoms with Crippen molar-refractivity contribution < 1.29 is 0 Å². The van der Waals surface area contributed by atoms with Gasteiger partial charge in [-0.25, -0.2) is 19.9 Å². The molecule has 0 aliphatic heterocycles. The van der Waals surface area contributed by atoms with Crippen molar-refractivity contribution in [3.05, 3.63) is 325 Å². The summed E-state index contributed by atoms with van der Waals surface area (Å²) in [6.07, 6.45) is 0. The average molecular weight is 1020 g/mol. The van der Waals surface area contributed by atoms with Gasteiger partial charge in [0.15, 0.2) is 11.6 Å². The second-order valence-electron chi connectivity index (χ2n) is 20.9. The number of nitrogens with zero attached hydrogens (tertiary/aromatic N) is 4. The largest absolute Gasteiger partial charge is 0.228 e. The van der Waals surface area contributed by atoms with Crippen LogP contribution in [0.4, 0.5) is 0 Å². The molecular formula is C76H50N4. The third-order valence-corrected chi connectivity index (χ3v) is 16.2. The van der Waals surface area contributed by atoms with E-state index in [1.807, 2.05) is 12.1 Å². The molecular weight excluding hydrogens is 969 g/mol. The molecule has 13 aromatic rings. The van der Waals surface area contributed by atoms with Gasteiger partial charge in [0, 0.05) is 45.2 Å². The first-order chi connectivity index (χ1) is 39.6. The molecule has 80 heavy (non-hydrogen) atoms. The molecule has 16 rings (SSSR count). The molecule has 3 aliphatic rings. The lowest BCUT2D eigenvalue weighted by Gasteiger charge is -2.42. The molecule has 2 bridgehead atoms. The maximum atomic E-state index is 5.31. The van der Waals surface area contributed by atoms with E-state index in [-0.39, 0.29) is 11.8 Å². The van der Waals surface area contributed by atoms with Crippen LogP contribution in [0.25, 0.3) is 112 Å². The molecule has 2 heterocycles. The van der Waals surface area contributed by atoms with Crippen molar-refractivity contribution in [2.75, 3.05) is 0 Å². The van der Waals surface area contributed by atoms with E-state index in [4.69, 9.17) is 19.9 Å². The summed E-state index contributed by atoms with van der Waals surface area (Å²) >= 11 is 0. The van der Waals surface area contributed by atoms with E-state index in [9.17, 15) is 0 Å². The first kappa shape index (κ1) is 46.8. The number of hydrogen-bond donors (Lipinski definition) is 0. The van der Waals surface area contributed by atoms with Crippen molar-refractivity contribution in [3.63, 3.8) is 0 Å². The highest BCUT2D eigenvalue weighted by atomic mass is 14.9. The Hall–Kier alpha value is -10.4. The van der Waals surface area contributed by atoms with Crippen molar-refractivity contribution in [1.29, 1.82) is 0 Å². The second kappa shape index (κ2) is 19.9. The third-order valence-electron chi connectivity index (χ3n) is 16.2. The molecule has 2 atom stereocenters. The molecule has 0 fully saturated rings. The molecule has 374 valence electrons. The molecule has 4 heteroatoms. The van der Waals surface area contributed by atoms with E-state index in [1.165, 1.54) is 66.8 Å². The SMILES string of the molecule is c1ccc(-c2ccc(-c3ccc(-c4cc(-c5ccc6c(c5)C5c7ccccc7C6c6cc(-c7cc(-c8ccc(-c9ccc(-c%10ccccc%10)cc9)cc8)nc(-c8ccccc8)n7)ccc65)nc(-c5ccccc5)n4)cc3)cc2)cc1. The lowest BCUT2D eigenvalue weighted by atomic mass is 9.60. The van der Waals surface area contributed by atoms with Gasteiger partial charge >= 0.3 is 0 Å². The Kier molecular flexibility index (Phi) is 11.6. The molecule has 2 unspecified atom stereocenters. The number of aromatic nitrogens is 4. The molecule has 11 aromatic carbocycles. The highest BCUT2D eigenvalue weighted by Crippen LogP contribution is 2.57. The van der Waals surface area contributed by atoms with Crippen molar-refractivity contribution in [3.8, 4) is 112 Å². The fourth-order valence-electron chi connectivity index (χ4n) is 12.1. The Balaban J connectivity index is 0.773. The van der Waals surface area contributed by atoms with Crippen LogP contribution in [0.5, 0.6) is 0 Å². The van der Waals surface area contributed by atoms with Gasteiger partial charge in [-0.05, 0) is 102 Å².